The first kappa shape index (κ1) is 15.6. The number of amides is 1. The lowest BCUT2D eigenvalue weighted by Crippen LogP contribution is -2.46. The SMILES string of the molecule is CC(C)(C)OC(=O)NC1CC(CCS(=O)(=O)Cl)C1. The smallest absolute Gasteiger partial charge is 0.407 e. The number of ether oxygens (including phenoxy) is 1. The van der Waals surface area contributed by atoms with Gasteiger partial charge >= 0.3 is 6.09 Å². The third-order valence-corrected chi connectivity index (χ3v) is 3.91. The molecule has 0 radical (unpaired) electrons. The Hall–Kier alpha value is -0.490. The van der Waals surface area contributed by atoms with Crippen LogP contribution in [0.5, 0.6) is 0 Å². The zero-order chi connectivity index (χ0) is 14.0. The summed E-state index contributed by atoms with van der Waals surface area (Å²) in [6.07, 6.45) is 1.70. The standard InChI is InChI=1S/C11H20ClNO4S/c1-11(2,3)17-10(14)13-9-6-8(7-9)4-5-18(12,15)16/h8-9H,4-7H2,1-3H3,(H,13,14). The highest BCUT2D eigenvalue weighted by Crippen LogP contribution is 2.31. The van der Waals surface area contributed by atoms with Crippen LogP contribution in [0.1, 0.15) is 40.0 Å². The van der Waals surface area contributed by atoms with Crippen LogP contribution in [0.3, 0.4) is 0 Å². The average Bonchev–Trinajstić information content (AvgIpc) is 2.03. The molecule has 0 atom stereocenters. The fourth-order valence-electron chi connectivity index (χ4n) is 1.87. The Bertz CT molecular complexity index is 396. The predicted octanol–water partition coefficient (Wildman–Crippen LogP) is 2.25. The van der Waals surface area contributed by atoms with Crippen molar-refractivity contribution in [1.29, 1.82) is 0 Å². The predicted molar refractivity (Wildman–Crippen MR) is 70.1 cm³/mol. The van der Waals surface area contributed by atoms with E-state index in [9.17, 15) is 13.2 Å². The van der Waals surface area contributed by atoms with Gasteiger partial charge in [0.05, 0.1) is 5.75 Å². The number of alkyl carbamates (subject to hydrolysis) is 1. The molecule has 1 aliphatic rings. The van der Waals surface area contributed by atoms with Crippen LogP contribution >= 0.6 is 10.7 Å². The van der Waals surface area contributed by atoms with Crippen molar-refractivity contribution in [3.05, 3.63) is 0 Å². The molecule has 0 aromatic heterocycles. The lowest BCUT2D eigenvalue weighted by atomic mass is 9.79. The normalized spacial score (nSPS) is 24.2. The molecule has 7 heteroatoms. The third kappa shape index (κ3) is 6.44. The molecular formula is C11H20ClNO4S. The van der Waals surface area contributed by atoms with Crippen molar-refractivity contribution in [1.82, 2.24) is 5.32 Å². The Morgan fingerprint density at radius 3 is 2.39 bits per heavy atom. The first-order chi connectivity index (χ1) is 8.05. The maximum absolute atomic E-state index is 11.4. The average molecular weight is 298 g/mol. The fraction of sp³-hybridized carbons (Fsp3) is 0.909. The van der Waals surface area contributed by atoms with Gasteiger partial charge in [0, 0.05) is 16.7 Å². The quantitative estimate of drug-likeness (QED) is 0.808. The van der Waals surface area contributed by atoms with E-state index in [-0.39, 0.29) is 11.8 Å². The van der Waals surface area contributed by atoms with Gasteiger partial charge in [0.2, 0.25) is 9.05 Å². The molecule has 5 nitrogen and oxygen atoms in total. The van der Waals surface area contributed by atoms with Crippen LogP contribution in [0, 0.1) is 5.92 Å². The number of hydrogen-bond acceptors (Lipinski definition) is 4. The third-order valence-electron chi connectivity index (χ3n) is 2.73. The van der Waals surface area contributed by atoms with Crippen molar-refractivity contribution in [3.63, 3.8) is 0 Å². The summed E-state index contributed by atoms with van der Waals surface area (Å²) in [7, 11) is 1.73. The van der Waals surface area contributed by atoms with Gasteiger partial charge in [0.25, 0.3) is 0 Å². The van der Waals surface area contributed by atoms with E-state index in [1.54, 1.807) is 0 Å². The molecule has 1 amide bonds. The van der Waals surface area contributed by atoms with Crippen LogP contribution in [-0.4, -0.2) is 31.9 Å². The van der Waals surface area contributed by atoms with Gasteiger partial charge in [-0.25, -0.2) is 13.2 Å². The van der Waals surface area contributed by atoms with Gasteiger partial charge in [-0.1, -0.05) is 0 Å². The molecule has 0 bridgehead atoms. The molecule has 0 aliphatic heterocycles. The maximum Gasteiger partial charge on any atom is 0.407 e. The molecule has 0 unspecified atom stereocenters. The fourth-order valence-corrected chi connectivity index (χ4v) is 2.75. The van der Waals surface area contributed by atoms with Gasteiger partial charge in [0.1, 0.15) is 5.60 Å². The van der Waals surface area contributed by atoms with E-state index in [2.05, 4.69) is 5.32 Å². The number of halogens is 1. The van der Waals surface area contributed by atoms with E-state index in [4.69, 9.17) is 15.4 Å². The van der Waals surface area contributed by atoms with Gasteiger partial charge < -0.3 is 10.1 Å². The van der Waals surface area contributed by atoms with Crippen LogP contribution < -0.4 is 5.32 Å². The molecule has 1 saturated carbocycles. The summed E-state index contributed by atoms with van der Waals surface area (Å²) in [5.74, 6) is 0.316. The summed E-state index contributed by atoms with van der Waals surface area (Å²) in [5, 5.41) is 2.76. The van der Waals surface area contributed by atoms with Crippen molar-refractivity contribution in [2.75, 3.05) is 5.75 Å². The monoisotopic (exact) mass is 297 g/mol. The highest BCUT2D eigenvalue weighted by Gasteiger charge is 2.32. The van der Waals surface area contributed by atoms with Crippen LogP contribution in [-0.2, 0) is 13.8 Å². The van der Waals surface area contributed by atoms with Crippen LogP contribution in [0.15, 0.2) is 0 Å². The van der Waals surface area contributed by atoms with E-state index >= 15 is 0 Å². The molecule has 0 aromatic rings. The van der Waals surface area contributed by atoms with Gasteiger partial charge in [-0.05, 0) is 46.0 Å². The lowest BCUT2D eigenvalue weighted by molar-refractivity contribution is 0.0451. The Morgan fingerprint density at radius 2 is 1.94 bits per heavy atom. The van der Waals surface area contributed by atoms with Crippen LogP contribution in [0.2, 0.25) is 0 Å². The van der Waals surface area contributed by atoms with E-state index in [1.165, 1.54) is 0 Å². The Kier molecular flexibility index (Phi) is 4.89. The molecular weight excluding hydrogens is 278 g/mol. The summed E-state index contributed by atoms with van der Waals surface area (Å²) in [6.45, 7) is 5.42. The second kappa shape index (κ2) is 5.65. The number of hydrogen-bond donors (Lipinski definition) is 1. The zero-order valence-corrected chi connectivity index (χ0v) is 12.5. The first-order valence-electron chi connectivity index (χ1n) is 5.97. The summed E-state index contributed by atoms with van der Waals surface area (Å²) >= 11 is 0. The van der Waals surface area contributed by atoms with Gasteiger partial charge in [-0.3, -0.25) is 0 Å². The van der Waals surface area contributed by atoms with Crippen LogP contribution in [0.4, 0.5) is 4.79 Å². The van der Waals surface area contributed by atoms with Crippen molar-refractivity contribution in [2.45, 2.75) is 51.7 Å². The molecule has 106 valence electrons. The summed E-state index contributed by atoms with van der Waals surface area (Å²) < 4.78 is 26.7. The number of carbonyl (C=O) groups is 1. The highest BCUT2D eigenvalue weighted by atomic mass is 35.7. The Labute approximate surface area is 113 Å². The molecule has 0 spiro atoms. The number of carbonyl (C=O) groups excluding carboxylic acids is 1. The minimum absolute atomic E-state index is 0.00161. The van der Waals surface area contributed by atoms with E-state index < -0.39 is 20.7 Å². The van der Waals surface area contributed by atoms with E-state index in [0.29, 0.717) is 12.3 Å². The number of nitrogens with one attached hydrogen (secondary N) is 1. The lowest BCUT2D eigenvalue weighted by Gasteiger charge is -2.36. The Morgan fingerprint density at radius 1 is 1.39 bits per heavy atom. The summed E-state index contributed by atoms with van der Waals surface area (Å²) in [6, 6.07) is 0.0860. The largest absolute Gasteiger partial charge is 0.444 e. The van der Waals surface area contributed by atoms with E-state index in [1.807, 2.05) is 20.8 Å². The maximum atomic E-state index is 11.4. The second-order valence-electron chi connectivity index (χ2n) is 5.71. The molecule has 1 aliphatic carbocycles. The van der Waals surface area contributed by atoms with Gasteiger partial charge in [-0.15, -0.1) is 0 Å². The van der Waals surface area contributed by atoms with E-state index in [0.717, 1.165) is 12.8 Å². The molecule has 0 aromatic carbocycles. The van der Waals surface area contributed by atoms with Crippen molar-refractivity contribution in [3.8, 4) is 0 Å². The molecule has 1 rings (SSSR count). The second-order valence-corrected chi connectivity index (χ2v) is 8.61. The minimum atomic E-state index is -3.40. The first-order valence-corrected chi connectivity index (χ1v) is 8.45. The summed E-state index contributed by atoms with van der Waals surface area (Å²) in [5.41, 5.74) is -0.500. The van der Waals surface area contributed by atoms with Crippen molar-refractivity contribution < 1.29 is 17.9 Å². The molecule has 1 fully saturated rings. The Balaban J connectivity index is 2.18. The van der Waals surface area contributed by atoms with Gasteiger partial charge in [0.15, 0.2) is 0 Å². The minimum Gasteiger partial charge on any atom is -0.444 e. The van der Waals surface area contributed by atoms with Crippen LogP contribution in [0.25, 0.3) is 0 Å². The molecule has 0 saturated heterocycles. The topological polar surface area (TPSA) is 72.5 Å². The number of rotatable bonds is 4. The van der Waals surface area contributed by atoms with Gasteiger partial charge in [-0.2, -0.15) is 0 Å². The highest BCUT2D eigenvalue weighted by molar-refractivity contribution is 8.13. The summed E-state index contributed by atoms with van der Waals surface area (Å²) in [4.78, 5) is 11.4. The molecule has 1 N–H and O–H groups in total. The van der Waals surface area contributed by atoms with Crippen molar-refractivity contribution >= 4 is 25.8 Å². The molecule has 0 heterocycles. The molecule has 18 heavy (non-hydrogen) atoms. The zero-order valence-electron chi connectivity index (χ0n) is 10.9. The van der Waals surface area contributed by atoms with Crippen molar-refractivity contribution in [2.24, 2.45) is 5.92 Å².